The third-order valence-electron chi connectivity index (χ3n) is 5.62. The van der Waals surface area contributed by atoms with Gasteiger partial charge in [0.25, 0.3) is 0 Å². The van der Waals surface area contributed by atoms with Crippen molar-refractivity contribution in [3.63, 3.8) is 0 Å². The number of nitrogens with zero attached hydrogens (tertiary/aromatic N) is 3. The summed E-state index contributed by atoms with van der Waals surface area (Å²) in [6, 6.07) is 8.38. The van der Waals surface area contributed by atoms with E-state index in [-0.39, 0.29) is 18.2 Å². The van der Waals surface area contributed by atoms with Crippen LogP contribution in [0.4, 0.5) is 4.79 Å². The molecule has 1 N–H and O–H groups in total. The van der Waals surface area contributed by atoms with E-state index in [0.717, 1.165) is 42.6 Å². The number of nitrogens with one attached hydrogen (secondary N) is 1. The van der Waals surface area contributed by atoms with E-state index < -0.39 is 5.60 Å². The van der Waals surface area contributed by atoms with Crippen LogP contribution >= 0.6 is 0 Å². The zero-order valence-electron chi connectivity index (χ0n) is 17.5. The number of rotatable bonds is 3. The average molecular weight is 395 g/mol. The number of aryl methyl sites for hydroxylation is 1. The van der Waals surface area contributed by atoms with Crippen molar-refractivity contribution in [2.75, 3.05) is 6.54 Å². The van der Waals surface area contributed by atoms with E-state index >= 15 is 0 Å². The van der Waals surface area contributed by atoms with E-state index in [9.17, 15) is 4.79 Å². The molecule has 29 heavy (non-hydrogen) atoms. The Morgan fingerprint density at radius 1 is 1.21 bits per heavy atom. The Labute approximate surface area is 172 Å². The monoisotopic (exact) mass is 394 g/mol. The van der Waals surface area contributed by atoms with Gasteiger partial charge in [0.1, 0.15) is 5.60 Å². The van der Waals surface area contributed by atoms with Crippen LogP contribution in [0.2, 0.25) is 0 Å². The van der Waals surface area contributed by atoms with Crippen molar-refractivity contribution < 1.29 is 9.53 Å². The molecule has 6 nitrogen and oxygen atoms in total. The van der Waals surface area contributed by atoms with Crippen LogP contribution < -0.4 is 5.32 Å². The molecular weight excluding hydrogens is 364 g/mol. The molecule has 0 saturated heterocycles. The Hall–Kier alpha value is -2.47. The Balaban J connectivity index is 1.51. The molecule has 0 radical (unpaired) electrons. The van der Waals surface area contributed by atoms with Gasteiger partial charge in [-0.2, -0.15) is 0 Å². The lowest BCUT2D eigenvalue weighted by Crippen LogP contribution is -2.51. The minimum Gasteiger partial charge on any atom is -0.444 e. The molecule has 1 amide bonds. The van der Waals surface area contributed by atoms with Gasteiger partial charge in [-0.25, -0.2) is 4.79 Å². The second-order valence-electron chi connectivity index (χ2n) is 8.98. The van der Waals surface area contributed by atoms with Crippen molar-refractivity contribution in [1.29, 1.82) is 0 Å². The highest BCUT2D eigenvalue weighted by atomic mass is 16.6. The van der Waals surface area contributed by atoms with Crippen molar-refractivity contribution in [1.82, 2.24) is 20.2 Å². The number of pyridine rings is 2. The lowest BCUT2D eigenvalue weighted by molar-refractivity contribution is 0.0114. The van der Waals surface area contributed by atoms with Crippen molar-refractivity contribution in [2.24, 2.45) is 0 Å². The van der Waals surface area contributed by atoms with Crippen molar-refractivity contribution in [3.8, 4) is 0 Å². The summed E-state index contributed by atoms with van der Waals surface area (Å²) in [6.07, 6.45) is 7.47. The Bertz CT molecular complexity index is 877. The molecule has 3 heterocycles. The second kappa shape index (κ2) is 8.11. The minimum atomic E-state index is -0.517. The van der Waals surface area contributed by atoms with Crippen molar-refractivity contribution in [3.05, 3.63) is 59.2 Å². The van der Waals surface area contributed by atoms with E-state index in [0.29, 0.717) is 13.1 Å². The molecule has 1 unspecified atom stereocenters. The number of amides is 1. The van der Waals surface area contributed by atoms with Gasteiger partial charge in [0, 0.05) is 37.1 Å². The molecule has 1 aliphatic heterocycles. The third kappa shape index (κ3) is 4.58. The maximum atomic E-state index is 12.9. The van der Waals surface area contributed by atoms with Gasteiger partial charge in [-0.3, -0.25) is 14.9 Å². The number of carbonyl (C=O) groups excluding carboxylic acids is 1. The van der Waals surface area contributed by atoms with Crippen LogP contribution in [0.25, 0.3) is 0 Å². The highest BCUT2D eigenvalue weighted by molar-refractivity contribution is 5.69. The smallest absolute Gasteiger partial charge is 0.410 e. The van der Waals surface area contributed by atoms with Gasteiger partial charge in [-0.05, 0) is 63.3 Å². The molecular formula is C23H30N4O2. The SMILES string of the molecule is CC(C)(C)OC(=O)N1Cc2cccnc2CC1CN[C@H]1CCCc2cccnc21. The standard InChI is InChI=1S/C23H30N4O2/c1-23(2,3)29-22(28)27-15-17-9-6-11-24-20(17)13-18(27)14-26-19-10-4-7-16-8-5-12-25-21(16)19/h5-6,8-9,11-12,18-19,26H,4,7,10,13-15H2,1-3H3/t18?,19-/m0/s1. The molecule has 4 rings (SSSR count). The molecule has 0 fully saturated rings. The fraction of sp³-hybridized carbons (Fsp3) is 0.522. The summed E-state index contributed by atoms with van der Waals surface area (Å²) in [7, 11) is 0. The number of aromatic nitrogens is 2. The molecule has 154 valence electrons. The van der Waals surface area contributed by atoms with Gasteiger partial charge >= 0.3 is 6.09 Å². The van der Waals surface area contributed by atoms with Crippen LogP contribution in [0.1, 0.15) is 62.2 Å². The van der Waals surface area contributed by atoms with Gasteiger partial charge in [0.2, 0.25) is 0 Å². The van der Waals surface area contributed by atoms with E-state index in [1.54, 1.807) is 0 Å². The van der Waals surface area contributed by atoms with Crippen LogP contribution in [-0.4, -0.2) is 39.1 Å². The van der Waals surface area contributed by atoms with E-state index in [2.05, 4.69) is 21.4 Å². The van der Waals surface area contributed by atoms with Crippen molar-refractivity contribution in [2.45, 2.75) is 70.7 Å². The lowest BCUT2D eigenvalue weighted by Gasteiger charge is -2.38. The van der Waals surface area contributed by atoms with Crippen LogP contribution in [0.15, 0.2) is 36.7 Å². The summed E-state index contributed by atoms with van der Waals surface area (Å²) in [5, 5.41) is 3.69. The van der Waals surface area contributed by atoms with Gasteiger partial charge in [0.15, 0.2) is 0 Å². The fourth-order valence-electron chi connectivity index (χ4n) is 4.25. The van der Waals surface area contributed by atoms with Gasteiger partial charge < -0.3 is 10.1 Å². The third-order valence-corrected chi connectivity index (χ3v) is 5.62. The molecule has 2 aromatic heterocycles. The largest absolute Gasteiger partial charge is 0.444 e. The number of ether oxygens (including phenoxy) is 1. The average Bonchev–Trinajstić information content (AvgIpc) is 2.70. The minimum absolute atomic E-state index is 0.00124. The molecule has 0 saturated carbocycles. The molecule has 6 heteroatoms. The summed E-state index contributed by atoms with van der Waals surface area (Å²) < 4.78 is 5.70. The summed E-state index contributed by atoms with van der Waals surface area (Å²) in [5.74, 6) is 0. The highest BCUT2D eigenvalue weighted by Crippen LogP contribution is 2.29. The predicted molar refractivity (Wildman–Crippen MR) is 111 cm³/mol. The normalized spacial score (nSPS) is 21.3. The van der Waals surface area contributed by atoms with Gasteiger partial charge in [-0.1, -0.05) is 12.1 Å². The maximum Gasteiger partial charge on any atom is 0.410 e. The highest BCUT2D eigenvalue weighted by Gasteiger charge is 2.34. The molecule has 2 aliphatic rings. The first-order valence-corrected chi connectivity index (χ1v) is 10.5. The summed E-state index contributed by atoms with van der Waals surface area (Å²) >= 11 is 0. The van der Waals surface area contributed by atoms with Gasteiger partial charge in [-0.15, -0.1) is 0 Å². The van der Waals surface area contributed by atoms with Crippen LogP contribution in [0.3, 0.4) is 0 Å². The first-order chi connectivity index (χ1) is 13.9. The van der Waals surface area contributed by atoms with Crippen LogP contribution in [-0.2, 0) is 24.1 Å². The van der Waals surface area contributed by atoms with E-state index in [1.165, 1.54) is 5.56 Å². The number of hydrogen-bond acceptors (Lipinski definition) is 5. The zero-order valence-corrected chi connectivity index (χ0v) is 17.5. The molecule has 0 bridgehead atoms. The predicted octanol–water partition coefficient (Wildman–Crippen LogP) is 3.81. The Kier molecular flexibility index (Phi) is 5.54. The molecule has 2 aromatic rings. The van der Waals surface area contributed by atoms with Gasteiger partial charge in [0.05, 0.1) is 18.3 Å². The summed E-state index contributed by atoms with van der Waals surface area (Å²) in [6.45, 7) is 6.94. The number of carbonyl (C=O) groups is 1. The molecule has 0 aromatic carbocycles. The summed E-state index contributed by atoms with van der Waals surface area (Å²) in [5.41, 5.74) is 4.13. The van der Waals surface area contributed by atoms with E-state index in [1.807, 2.05) is 56.3 Å². The van der Waals surface area contributed by atoms with Crippen LogP contribution in [0, 0.1) is 0 Å². The second-order valence-corrected chi connectivity index (χ2v) is 8.98. The first kappa shape index (κ1) is 19.8. The molecule has 2 atom stereocenters. The topological polar surface area (TPSA) is 67.3 Å². The number of fused-ring (bicyclic) bond motifs is 2. The first-order valence-electron chi connectivity index (χ1n) is 10.5. The van der Waals surface area contributed by atoms with Crippen molar-refractivity contribution >= 4 is 6.09 Å². The maximum absolute atomic E-state index is 12.9. The fourth-order valence-corrected chi connectivity index (χ4v) is 4.25. The summed E-state index contributed by atoms with van der Waals surface area (Å²) in [4.78, 5) is 24.0. The van der Waals surface area contributed by atoms with Crippen LogP contribution in [0.5, 0.6) is 0 Å². The molecule has 0 spiro atoms. The van der Waals surface area contributed by atoms with E-state index in [4.69, 9.17) is 4.74 Å². The Morgan fingerprint density at radius 3 is 2.76 bits per heavy atom. The lowest BCUT2D eigenvalue weighted by atomic mass is 9.91. The zero-order chi connectivity index (χ0) is 20.4. The molecule has 1 aliphatic carbocycles. The quantitative estimate of drug-likeness (QED) is 0.858. The number of hydrogen-bond donors (Lipinski definition) is 1. The Morgan fingerprint density at radius 2 is 1.97 bits per heavy atom.